The number of benzene rings is 1. The second-order valence-corrected chi connectivity index (χ2v) is 8.13. The number of anilines is 2. The van der Waals surface area contributed by atoms with Gasteiger partial charge in [0.15, 0.2) is 0 Å². The maximum absolute atomic E-state index is 12.3. The number of thiophene rings is 1. The van der Waals surface area contributed by atoms with Gasteiger partial charge in [-0.25, -0.2) is 9.97 Å². The smallest absolute Gasteiger partial charge is 0.234 e. The van der Waals surface area contributed by atoms with Crippen LogP contribution in [-0.4, -0.2) is 27.5 Å². The molecule has 140 valence electrons. The van der Waals surface area contributed by atoms with Crippen molar-refractivity contribution >= 4 is 56.5 Å². The zero-order valence-electron chi connectivity index (χ0n) is 15.3. The molecule has 0 saturated carbocycles. The van der Waals surface area contributed by atoms with Gasteiger partial charge in [-0.2, -0.15) is 0 Å². The topological polar surface area (TPSA) is 84.0 Å². The Bertz CT molecular complexity index is 1000. The second kappa shape index (κ2) is 8.49. The third kappa shape index (κ3) is 4.64. The van der Waals surface area contributed by atoms with E-state index in [-0.39, 0.29) is 17.6 Å². The molecular formula is C19H20N4O2S2. The lowest BCUT2D eigenvalue weighted by atomic mass is 10.2. The van der Waals surface area contributed by atoms with Gasteiger partial charge in [0, 0.05) is 28.1 Å². The van der Waals surface area contributed by atoms with E-state index >= 15 is 0 Å². The number of rotatable bonds is 6. The minimum absolute atomic E-state index is 0.0664. The normalized spacial score (nSPS) is 10.8. The predicted octanol–water partition coefficient (Wildman–Crippen LogP) is 4.39. The first kappa shape index (κ1) is 19.3. The summed E-state index contributed by atoms with van der Waals surface area (Å²) in [6.45, 7) is 5.91. The van der Waals surface area contributed by atoms with Crippen LogP contribution in [0, 0.1) is 13.8 Å². The van der Waals surface area contributed by atoms with Crippen molar-refractivity contribution in [3.8, 4) is 0 Å². The fraction of sp³-hybridized carbons (Fsp3) is 0.263. The van der Waals surface area contributed by atoms with Crippen LogP contribution in [0.15, 0.2) is 35.6 Å². The standard InChI is InChI=1S/C19H20N4O2S2/c1-4-15(24)22-13-6-5-7-14(8-13)23-16(25)9-26-18-17-11(2)12(3)27-19(17)21-10-20-18/h5-8,10H,4,9H2,1-3H3,(H,22,24)(H,23,25). The quantitative estimate of drug-likeness (QED) is 0.474. The van der Waals surface area contributed by atoms with E-state index < -0.39 is 0 Å². The molecule has 0 spiro atoms. The molecule has 6 nitrogen and oxygen atoms in total. The van der Waals surface area contributed by atoms with Gasteiger partial charge in [0.2, 0.25) is 11.8 Å². The molecule has 1 aromatic carbocycles. The maximum Gasteiger partial charge on any atom is 0.234 e. The molecule has 0 saturated heterocycles. The largest absolute Gasteiger partial charge is 0.326 e. The van der Waals surface area contributed by atoms with E-state index in [4.69, 9.17) is 0 Å². The summed E-state index contributed by atoms with van der Waals surface area (Å²) in [5.74, 6) is 0.0463. The van der Waals surface area contributed by atoms with Crippen LogP contribution in [0.3, 0.4) is 0 Å². The van der Waals surface area contributed by atoms with Crippen LogP contribution in [0.4, 0.5) is 11.4 Å². The molecule has 0 atom stereocenters. The van der Waals surface area contributed by atoms with Gasteiger partial charge in [0.05, 0.1) is 5.75 Å². The summed E-state index contributed by atoms with van der Waals surface area (Å²) in [5, 5.41) is 7.49. The highest BCUT2D eigenvalue weighted by atomic mass is 32.2. The highest BCUT2D eigenvalue weighted by molar-refractivity contribution is 8.00. The lowest BCUT2D eigenvalue weighted by Crippen LogP contribution is -2.15. The third-order valence-electron chi connectivity index (χ3n) is 4.02. The Hall–Kier alpha value is -2.45. The fourth-order valence-electron chi connectivity index (χ4n) is 2.51. The van der Waals surface area contributed by atoms with E-state index in [9.17, 15) is 9.59 Å². The van der Waals surface area contributed by atoms with Gasteiger partial charge in [0.25, 0.3) is 0 Å². The fourth-order valence-corrected chi connectivity index (χ4v) is 4.43. The van der Waals surface area contributed by atoms with Gasteiger partial charge in [-0.15, -0.1) is 11.3 Å². The molecule has 0 aliphatic rings. The molecule has 0 radical (unpaired) electrons. The number of hydrogen-bond acceptors (Lipinski definition) is 6. The zero-order chi connectivity index (χ0) is 19.4. The van der Waals surface area contributed by atoms with E-state index in [0.717, 1.165) is 20.8 Å². The number of aromatic nitrogens is 2. The Balaban J connectivity index is 1.65. The molecule has 2 heterocycles. The molecular weight excluding hydrogens is 380 g/mol. The van der Waals surface area contributed by atoms with E-state index in [1.54, 1.807) is 42.5 Å². The number of aryl methyl sites for hydroxylation is 2. The van der Waals surface area contributed by atoms with Crippen LogP contribution >= 0.6 is 23.1 Å². The van der Waals surface area contributed by atoms with Crippen LogP contribution in [0.5, 0.6) is 0 Å². The molecule has 0 fully saturated rings. The van der Waals surface area contributed by atoms with Gasteiger partial charge >= 0.3 is 0 Å². The van der Waals surface area contributed by atoms with Crippen molar-refractivity contribution in [2.75, 3.05) is 16.4 Å². The number of carbonyl (C=O) groups is 2. The van der Waals surface area contributed by atoms with Gasteiger partial charge in [0.1, 0.15) is 16.2 Å². The number of nitrogens with zero attached hydrogens (tertiary/aromatic N) is 2. The van der Waals surface area contributed by atoms with Crippen LogP contribution in [0.2, 0.25) is 0 Å². The van der Waals surface area contributed by atoms with Crippen LogP contribution in [-0.2, 0) is 9.59 Å². The van der Waals surface area contributed by atoms with Crippen molar-refractivity contribution in [1.29, 1.82) is 0 Å². The summed E-state index contributed by atoms with van der Waals surface area (Å²) >= 11 is 3.04. The summed E-state index contributed by atoms with van der Waals surface area (Å²) < 4.78 is 0. The SMILES string of the molecule is CCC(=O)Nc1cccc(NC(=O)CSc2ncnc3sc(C)c(C)c23)c1. The van der Waals surface area contributed by atoms with E-state index in [2.05, 4.69) is 34.4 Å². The minimum Gasteiger partial charge on any atom is -0.326 e. The lowest BCUT2D eigenvalue weighted by Gasteiger charge is -2.08. The summed E-state index contributed by atoms with van der Waals surface area (Å²) in [6, 6.07) is 7.11. The molecule has 3 aromatic rings. The number of nitrogens with one attached hydrogen (secondary N) is 2. The highest BCUT2D eigenvalue weighted by Crippen LogP contribution is 2.34. The molecule has 0 aliphatic heterocycles. The molecule has 2 aromatic heterocycles. The van der Waals surface area contributed by atoms with Crippen molar-refractivity contribution in [3.63, 3.8) is 0 Å². The number of amides is 2. The Morgan fingerprint density at radius 1 is 1.11 bits per heavy atom. The average molecular weight is 401 g/mol. The summed E-state index contributed by atoms with van der Waals surface area (Å²) in [4.78, 5) is 34.7. The van der Waals surface area contributed by atoms with Crippen LogP contribution < -0.4 is 10.6 Å². The van der Waals surface area contributed by atoms with Crippen molar-refractivity contribution in [2.45, 2.75) is 32.2 Å². The number of fused-ring (bicyclic) bond motifs is 1. The van der Waals surface area contributed by atoms with Crippen LogP contribution in [0.25, 0.3) is 10.2 Å². The first-order valence-corrected chi connectivity index (χ1v) is 10.3. The molecule has 0 unspecified atom stereocenters. The molecule has 0 bridgehead atoms. The summed E-state index contributed by atoms with van der Waals surface area (Å²) in [7, 11) is 0. The molecule has 3 rings (SSSR count). The number of hydrogen-bond donors (Lipinski definition) is 2. The maximum atomic E-state index is 12.3. The first-order valence-electron chi connectivity index (χ1n) is 8.51. The molecule has 27 heavy (non-hydrogen) atoms. The first-order chi connectivity index (χ1) is 13.0. The number of carbonyl (C=O) groups excluding carboxylic acids is 2. The van der Waals surface area contributed by atoms with Gasteiger partial charge in [-0.1, -0.05) is 24.8 Å². The van der Waals surface area contributed by atoms with Crippen LogP contribution in [0.1, 0.15) is 23.8 Å². The minimum atomic E-state index is -0.129. The lowest BCUT2D eigenvalue weighted by molar-refractivity contribution is -0.116. The van der Waals surface area contributed by atoms with Gasteiger partial charge in [-0.3, -0.25) is 9.59 Å². The molecule has 2 N–H and O–H groups in total. The predicted molar refractivity (Wildman–Crippen MR) is 112 cm³/mol. The Morgan fingerprint density at radius 3 is 2.52 bits per heavy atom. The van der Waals surface area contributed by atoms with Crippen molar-refractivity contribution in [1.82, 2.24) is 9.97 Å². The monoisotopic (exact) mass is 400 g/mol. The molecule has 0 aliphatic carbocycles. The third-order valence-corrected chi connectivity index (χ3v) is 6.13. The zero-order valence-corrected chi connectivity index (χ0v) is 17.0. The Morgan fingerprint density at radius 2 is 1.81 bits per heavy atom. The molecule has 2 amide bonds. The number of thioether (sulfide) groups is 1. The van der Waals surface area contributed by atoms with Crippen molar-refractivity contribution in [3.05, 3.63) is 41.0 Å². The highest BCUT2D eigenvalue weighted by Gasteiger charge is 2.14. The summed E-state index contributed by atoms with van der Waals surface area (Å²) in [6.07, 6.45) is 1.94. The van der Waals surface area contributed by atoms with Crippen molar-refractivity contribution in [2.24, 2.45) is 0 Å². The van der Waals surface area contributed by atoms with E-state index in [1.165, 1.54) is 23.0 Å². The Labute approximate surface area is 165 Å². The average Bonchev–Trinajstić information content (AvgIpc) is 2.95. The Kier molecular flexibility index (Phi) is 6.08. The second-order valence-electron chi connectivity index (χ2n) is 5.96. The van der Waals surface area contributed by atoms with Gasteiger partial charge < -0.3 is 10.6 Å². The van der Waals surface area contributed by atoms with Gasteiger partial charge in [-0.05, 0) is 37.6 Å². The van der Waals surface area contributed by atoms with E-state index in [1.807, 2.05) is 0 Å². The summed E-state index contributed by atoms with van der Waals surface area (Å²) in [5.41, 5.74) is 2.47. The molecule has 8 heteroatoms. The van der Waals surface area contributed by atoms with E-state index in [0.29, 0.717) is 17.8 Å². The van der Waals surface area contributed by atoms with Crippen molar-refractivity contribution < 1.29 is 9.59 Å².